The highest BCUT2D eigenvalue weighted by atomic mass is 16.3. The molecule has 1 amide bonds. The van der Waals surface area contributed by atoms with Crippen LogP contribution in [0.3, 0.4) is 0 Å². The Kier molecular flexibility index (Phi) is 5.77. The van der Waals surface area contributed by atoms with Gasteiger partial charge in [-0.2, -0.15) is 0 Å². The monoisotopic (exact) mass is 229 g/mol. The number of aliphatic hydroxyl groups excluding tert-OH is 2. The molecule has 3 N–H and O–H groups in total. The highest BCUT2D eigenvalue weighted by Crippen LogP contribution is 2.18. The average Bonchev–Trinajstić information content (AvgIpc) is 2.42. The summed E-state index contributed by atoms with van der Waals surface area (Å²) in [6, 6.07) is -0.0935. The van der Waals surface area contributed by atoms with Gasteiger partial charge in [0.05, 0.1) is 18.2 Å². The van der Waals surface area contributed by atoms with Crippen LogP contribution in [0.2, 0.25) is 0 Å². The molecule has 0 saturated heterocycles. The Bertz CT molecular complexity index is 218. The van der Waals surface area contributed by atoms with Crippen molar-refractivity contribution in [1.82, 2.24) is 5.32 Å². The number of hydrogen-bond donors (Lipinski definition) is 3. The first kappa shape index (κ1) is 13.5. The molecule has 3 unspecified atom stereocenters. The molecule has 1 rings (SSSR count). The fourth-order valence-electron chi connectivity index (χ4n) is 2.08. The predicted molar refractivity (Wildman–Crippen MR) is 61.9 cm³/mol. The zero-order valence-electron chi connectivity index (χ0n) is 9.98. The van der Waals surface area contributed by atoms with Gasteiger partial charge in [-0.05, 0) is 26.2 Å². The van der Waals surface area contributed by atoms with E-state index in [0.717, 1.165) is 32.1 Å². The maximum absolute atomic E-state index is 11.5. The maximum atomic E-state index is 11.5. The standard InChI is InChI=1S/C12H23NO3/c1-9(14)7-8-12(16)13-10-5-3-2-4-6-11(10)15/h9-11,14-15H,2-8H2,1H3,(H,13,16). The summed E-state index contributed by atoms with van der Waals surface area (Å²) in [5.41, 5.74) is 0. The van der Waals surface area contributed by atoms with E-state index < -0.39 is 12.2 Å². The molecule has 94 valence electrons. The van der Waals surface area contributed by atoms with Crippen molar-refractivity contribution in [2.75, 3.05) is 0 Å². The summed E-state index contributed by atoms with van der Waals surface area (Å²) in [5.74, 6) is -0.0631. The summed E-state index contributed by atoms with van der Waals surface area (Å²) in [4.78, 5) is 11.5. The van der Waals surface area contributed by atoms with Crippen molar-refractivity contribution >= 4 is 5.91 Å². The number of carbonyl (C=O) groups excluding carboxylic acids is 1. The lowest BCUT2D eigenvalue weighted by molar-refractivity contribution is -0.123. The molecular weight excluding hydrogens is 206 g/mol. The molecule has 0 aromatic carbocycles. The molecule has 0 spiro atoms. The second kappa shape index (κ2) is 6.86. The predicted octanol–water partition coefficient (Wildman–Crippen LogP) is 0.957. The van der Waals surface area contributed by atoms with Crippen LogP contribution >= 0.6 is 0 Å². The minimum Gasteiger partial charge on any atom is -0.393 e. The van der Waals surface area contributed by atoms with Crippen LogP contribution in [0.4, 0.5) is 0 Å². The van der Waals surface area contributed by atoms with E-state index in [2.05, 4.69) is 5.32 Å². The van der Waals surface area contributed by atoms with Gasteiger partial charge in [-0.25, -0.2) is 0 Å². The Morgan fingerprint density at radius 3 is 2.75 bits per heavy atom. The number of nitrogens with one attached hydrogen (secondary N) is 1. The molecule has 1 saturated carbocycles. The molecule has 1 aliphatic rings. The smallest absolute Gasteiger partial charge is 0.220 e. The molecule has 0 aromatic rings. The van der Waals surface area contributed by atoms with E-state index in [-0.39, 0.29) is 11.9 Å². The van der Waals surface area contributed by atoms with Crippen LogP contribution in [0, 0.1) is 0 Å². The molecule has 0 heterocycles. The zero-order valence-corrected chi connectivity index (χ0v) is 9.98. The van der Waals surface area contributed by atoms with Crippen LogP contribution < -0.4 is 5.32 Å². The summed E-state index contributed by atoms with van der Waals surface area (Å²) in [6.45, 7) is 1.67. The molecule has 4 heteroatoms. The van der Waals surface area contributed by atoms with E-state index in [4.69, 9.17) is 5.11 Å². The van der Waals surface area contributed by atoms with Gasteiger partial charge in [0, 0.05) is 6.42 Å². The summed E-state index contributed by atoms with van der Waals surface area (Å²) < 4.78 is 0. The van der Waals surface area contributed by atoms with Crippen LogP contribution in [0.25, 0.3) is 0 Å². The van der Waals surface area contributed by atoms with E-state index in [1.165, 1.54) is 0 Å². The molecular formula is C12H23NO3. The minimum absolute atomic E-state index is 0.0631. The van der Waals surface area contributed by atoms with Gasteiger partial charge >= 0.3 is 0 Å². The van der Waals surface area contributed by atoms with Crippen LogP contribution in [-0.4, -0.2) is 34.4 Å². The van der Waals surface area contributed by atoms with Crippen molar-refractivity contribution in [2.24, 2.45) is 0 Å². The second-order valence-electron chi connectivity index (χ2n) is 4.77. The Morgan fingerprint density at radius 2 is 2.06 bits per heavy atom. The van der Waals surface area contributed by atoms with E-state index in [0.29, 0.717) is 12.8 Å². The molecule has 16 heavy (non-hydrogen) atoms. The molecule has 0 bridgehead atoms. The largest absolute Gasteiger partial charge is 0.393 e. The highest BCUT2D eigenvalue weighted by Gasteiger charge is 2.22. The first-order valence-corrected chi connectivity index (χ1v) is 6.25. The fraction of sp³-hybridized carbons (Fsp3) is 0.917. The zero-order chi connectivity index (χ0) is 12.0. The summed E-state index contributed by atoms with van der Waals surface area (Å²) in [7, 11) is 0. The van der Waals surface area contributed by atoms with Gasteiger partial charge in [-0.1, -0.05) is 19.3 Å². The van der Waals surface area contributed by atoms with Gasteiger partial charge in [-0.3, -0.25) is 4.79 Å². The number of rotatable bonds is 4. The first-order valence-electron chi connectivity index (χ1n) is 6.25. The normalized spacial score (nSPS) is 28.2. The van der Waals surface area contributed by atoms with Crippen LogP contribution in [0.15, 0.2) is 0 Å². The van der Waals surface area contributed by atoms with E-state index in [1.54, 1.807) is 6.92 Å². The molecule has 3 atom stereocenters. The molecule has 0 aliphatic heterocycles. The Balaban J connectivity index is 2.30. The molecule has 0 radical (unpaired) electrons. The SMILES string of the molecule is CC(O)CCC(=O)NC1CCCCCC1O. The Labute approximate surface area is 97.0 Å². The molecule has 1 fully saturated rings. The third-order valence-electron chi connectivity index (χ3n) is 3.12. The van der Waals surface area contributed by atoms with Gasteiger partial charge in [0.15, 0.2) is 0 Å². The van der Waals surface area contributed by atoms with E-state index >= 15 is 0 Å². The third kappa shape index (κ3) is 4.94. The quantitative estimate of drug-likeness (QED) is 0.629. The second-order valence-corrected chi connectivity index (χ2v) is 4.77. The Morgan fingerprint density at radius 1 is 1.38 bits per heavy atom. The van der Waals surface area contributed by atoms with Crippen molar-refractivity contribution < 1.29 is 15.0 Å². The van der Waals surface area contributed by atoms with Crippen LogP contribution in [-0.2, 0) is 4.79 Å². The van der Waals surface area contributed by atoms with Crippen molar-refractivity contribution in [3.8, 4) is 0 Å². The summed E-state index contributed by atoms with van der Waals surface area (Å²) in [6.07, 6.45) is 4.86. The number of carbonyl (C=O) groups is 1. The van der Waals surface area contributed by atoms with Gasteiger partial charge in [0.25, 0.3) is 0 Å². The van der Waals surface area contributed by atoms with Gasteiger partial charge in [0.2, 0.25) is 5.91 Å². The van der Waals surface area contributed by atoms with Gasteiger partial charge in [-0.15, -0.1) is 0 Å². The first-order chi connectivity index (χ1) is 7.59. The Hall–Kier alpha value is -0.610. The van der Waals surface area contributed by atoms with Crippen molar-refractivity contribution in [3.63, 3.8) is 0 Å². The number of aliphatic hydroxyl groups is 2. The third-order valence-corrected chi connectivity index (χ3v) is 3.12. The lowest BCUT2D eigenvalue weighted by Crippen LogP contribution is -2.42. The van der Waals surface area contributed by atoms with Gasteiger partial charge in [0.1, 0.15) is 0 Å². The maximum Gasteiger partial charge on any atom is 0.220 e. The van der Waals surface area contributed by atoms with Crippen LogP contribution in [0.5, 0.6) is 0 Å². The van der Waals surface area contributed by atoms with Crippen molar-refractivity contribution in [1.29, 1.82) is 0 Å². The van der Waals surface area contributed by atoms with E-state index in [1.807, 2.05) is 0 Å². The fourth-order valence-corrected chi connectivity index (χ4v) is 2.08. The topological polar surface area (TPSA) is 69.6 Å². The van der Waals surface area contributed by atoms with Crippen LogP contribution in [0.1, 0.15) is 51.9 Å². The lowest BCUT2D eigenvalue weighted by atomic mass is 10.1. The molecule has 0 aromatic heterocycles. The molecule has 1 aliphatic carbocycles. The molecule has 4 nitrogen and oxygen atoms in total. The van der Waals surface area contributed by atoms with Crippen molar-refractivity contribution in [3.05, 3.63) is 0 Å². The lowest BCUT2D eigenvalue weighted by Gasteiger charge is -2.21. The summed E-state index contributed by atoms with van der Waals surface area (Å²) >= 11 is 0. The number of hydrogen-bond acceptors (Lipinski definition) is 3. The van der Waals surface area contributed by atoms with Crippen molar-refractivity contribution in [2.45, 2.75) is 70.1 Å². The van der Waals surface area contributed by atoms with E-state index in [9.17, 15) is 9.90 Å². The minimum atomic E-state index is -0.440. The van der Waals surface area contributed by atoms with Gasteiger partial charge < -0.3 is 15.5 Å². The summed E-state index contributed by atoms with van der Waals surface area (Å²) in [5, 5.41) is 21.7. The highest BCUT2D eigenvalue weighted by molar-refractivity contribution is 5.76. The average molecular weight is 229 g/mol. The number of amides is 1.